The van der Waals surface area contributed by atoms with Crippen LogP contribution in [-0.2, 0) is 5.67 Å². The standard InChI is InChI=1S/C15H20FNO2/c1-15(2,16)11-8-14-13(18-9-19-14)7-10(11)12-5-3-4-6-17-12/h7-8,12,17H,3-6,9H2,1-2H3. The number of alkyl halides is 1. The van der Waals surface area contributed by atoms with Gasteiger partial charge < -0.3 is 14.8 Å². The van der Waals surface area contributed by atoms with E-state index >= 15 is 0 Å². The summed E-state index contributed by atoms with van der Waals surface area (Å²) in [5.74, 6) is 1.38. The van der Waals surface area contributed by atoms with Gasteiger partial charge in [0.15, 0.2) is 11.5 Å². The van der Waals surface area contributed by atoms with Crippen LogP contribution in [0.2, 0.25) is 0 Å². The lowest BCUT2D eigenvalue weighted by molar-refractivity contribution is 0.173. The molecular weight excluding hydrogens is 245 g/mol. The lowest BCUT2D eigenvalue weighted by Crippen LogP contribution is -2.29. The van der Waals surface area contributed by atoms with Crippen molar-refractivity contribution in [2.45, 2.75) is 44.8 Å². The summed E-state index contributed by atoms with van der Waals surface area (Å²) in [6.45, 7) is 4.40. The number of rotatable bonds is 2. The highest BCUT2D eigenvalue weighted by atomic mass is 19.1. The van der Waals surface area contributed by atoms with Gasteiger partial charge in [-0.05, 0) is 56.5 Å². The number of nitrogens with one attached hydrogen (secondary N) is 1. The molecule has 0 bridgehead atoms. The van der Waals surface area contributed by atoms with Crippen LogP contribution in [0, 0.1) is 0 Å². The van der Waals surface area contributed by atoms with Crippen LogP contribution in [-0.4, -0.2) is 13.3 Å². The zero-order chi connectivity index (χ0) is 13.5. The predicted molar refractivity (Wildman–Crippen MR) is 71.3 cm³/mol. The number of benzene rings is 1. The van der Waals surface area contributed by atoms with Gasteiger partial charge >= 0.3 is 0 Å². The fraction of sp³-hybridized carbons (Fsp3) is 0.600. The molecule has 4 heteroatoms. The van der Waals surface area contributed by atoms with Gasteiger partial charge in [0, 0.05) is 6.04 Å². The van der Waals surface area contributed by atoms with E-state index in [0.29, 0.717) is 11.3 Å². The predicted octanol–water partition coefficient (Wildman–Crippen LogP) is 3.43. The molecule has 1 aromatic carbocycles. The fourth-order valence-electron chi connectivity index (χ4n) is 2.88. The topological polar surface area (TPSA) is 30.5 Å². The van der Waals surface area contributed by atoms with Gasteiger partial charge in [0.1, 0.15) is 5.67 Å². The molecule has 1 saturated heterocycles. The van der Waals surface area contributed by atoms with Crippen molar-refractivity contribution in [3.8, 4) is 11.5 Å². The van der Waals surface area contributed by atoms with E-state index in [-0.39, 0.29) is 12.8 Å². The summed E-state index contributed by atoms with van der Waals surface area (Å²) in [6, 6.07) is 3.96. The zero-order valence-corrected chi connectivity index (χ0v) is 11.5. The van der Waals surface area contributed by atoms with Crippen molar-refractivity contribution in [1.29, 1.82) is 0 Å². The Labute approximate surface area is 113 Å². The average Bonchev–Trinajstić information content (AvgIpc) is 2.84. The SMILES string of the molecule is CC(C)(F)c1cc2c(cc1C1CCCCN1)OCO2. The number of piperidine rings is 1. The summed E-state index contributed by atoms with van der Waals surface area (Å²) in [7, 11) is 0. The Balaban J connectivity index is 2.05. The smallest absolute Gasteiger partial charge is 0.231 e. The van der Waals surface area contributed by atoms with Gasteiger partial charge in [-0.15, -0.1) is 0 Å². The van der Waals surface area contributed by atoms with Crippen molar-refractivity contribution in [3.05, 3.63) is 23.3 Å². The second-order valence-electron chi connectivity index (χ2n) is 5.77. The molecule has 0 amide bonds. The highest BCUT2D eigenvalue weighted by Crippen LogP contribution is 2.42. The molecule has 19 heavy (non-hydrogen) atoms. The van der Waals surface area contributed by atoms with Crippen LogP contribution < -0.4 is 14.8 Å². The summed E-state index contributed by atoms with van der Waals surface area (Å²) in [4.78, 5) is 0. The maximum absolute atomic E-state index is 14.5. The third kappa shape index (κ3) is 2.41. The molecule has 0 aromatic heterocycles. The third-order valence-corrected chi connectivity index (χ3v) is 3.87. The van der Waals surface area contributed by atoms with Gasteiger partial charge in [0.25, 0.3) is 0 Å². The van der Waals surface area contributed by atoms with Crippen molar-refractivity contribution in [2.24, 2.45) is 0 Å². The van der Waals surface area contributed by atoms with E-state index in [1.807, 2.05) is 6.07 Å². The minimum Gasteiger partial charge on any atom is -0.454 e. The van der Waals surface area contributed by atoms with Gasteiger partial charge in [-0.25, -0.2) is 4.39 Å². The molecule has 1 atom stereocenters. The molecule has 1 N–H and O–H groups in total. The lowest BCUT2D eigenvalue weighted by Gasteiger charge is -2.29. The number of halogens is 1. The van der Waals surface area contributed by atoms with Crippen molar-refractivity contribution in [1.82, 2.24) is 5.32 Å². The molecule has 1 aromatic rings. The highest BCUT2D eigenvalue weighted by Gasteiger charge is 2.30. The van der Waals surface area contributed by atoms with Crippen LogP contribution in [0.4, 0.5) is 4.39 Å². The number of fused-ring (bicyclic) bond motifs is 1. The van der Waals surface area contributed by atoms with Crippen LogP contribution in [0.5, 0.6) is 11.5 Å². The quantitative estimate of drug-likeness (QED) is 0.888. The summed E-state index contributed by atoms with van der Waals surface area (Å²) in [5.41, 5.74) is 0.336. The Kier molecular flexibility index (Phi) is 3.13. The summed E-state index contributed by atoms with van der Waals surface area (Å²) in [6.07, 6.45) is 3.41. The number of hydrogen-bond donors (Lipinski definition) is 1. The van der Waals surface area contributed by atoms with Gasteiger partial charge in [-0.3, -0.25) is 0 Å². The molecule has 0 radical (unpaired) electrons. The normalized spacial score (nSPS) is 22.6. The van der Waals surface area contributed by atoms with Crippen molar-refractivity contribution < 1.29 is 13.9 Å². The van der Waals surface area contributed by atoms with Crippen molar-refractivity contribution >= 4 is 0 Å². The number of hydrogen-bond acceptors (Lipinski definition) is 3. The Morgan fingerprint density at radius 2 is 1.95 bits per heavy atom. The summed E-state index contributed by atoms with van der Waals surface area (Å²) >= 11 is 0. The molecule has 3 nitrogen and oxygen atoms in total. The Morgan fingerprint density at radius 3 is 2.58 bits per heavy atom. The van der Waals surface area contributed by atoms with Gasteiger partial charge in [0.05, 0.1) is 0 Å². The van der Waals surface area contributed by atoms with E-state index in [1.165, 1.54) is 12.8 Å². The van der Waals surface area contributed by atoms with Crippen LogP contribution in [0.1, 0.15) is 50.3 Å². The summed E-state index contributed by atoms with van der Waals surface area (Å²) in [5, 5.41) is 3.48. The maximum Gasteiger partial charge on any atom is 0.231 e. The molecule has 1 fully saturated rings. The average molecular weight is 265 g/mol. The molecule has 0 saturated carbocycles. The van der Waals surface area contributed by atoms with Crippen LogP contribution in [0.15, 0.2) is 12.1 Å². The minimum atomic E-state index is -1.38. The second-order valence-corrected chi connectivity index (χ2v) is 5.77. The largest absolute Gasteiger partial charge is 0.454 e. The minimum absolute atomic E-state index is 0.216. The van der Waals surface area contributed by atoms with Crippen LogP contribution in [0.3, 0.4) is 0 Å². The number of ether oxygens (including phenoxy) is 2. The summed E-state index contributed by atoms with van der Waals surface area (Å²) < 4.78 is 25.3. The van der Waals surface area contributed by atoms with E-state index in [4.69, 9.17) is 9.47 Å². The second kappa shape index (κ2) is 4.67. The van der Waals surface area contributed by atoms with Crippen molar-refractivity contribution in [2.75, 3.05) is 13.3 Å². The Bertz CT molecular complexity index is 476. The molecule has 1 unspecified atom stereocenters. The monoisotopic (exact) mass is 265 g/mol. The highest BCUT2D eigenvalue weighted by molar-refractivity contribution is 5.51. The molecule has 2 heterocycles. The maximum atomic E-state index is 14.5. The first kappa shape index (κ1) is 12.7. The Hall–Kier alpha value is -1.29. The van der Waals surface area contributed by atoms with E-state index in [0.717, 1.165) is 24.3 Å². The molecule has 2 aliphatic rings. The van der Waals surface area contributed by atoms with Crippen LogP contribution in [0.25, 0.3) is 0 Å². The molecule has 3 rings (SSSR count). The fourth-order valence-corrected chi connectivity index (χ4v) is 2.88. The third-order valence-electron chi connectivity index (χ3n) is 3.87. The molecule has 2 aliphatic heterocycles. The molecule has 0 aliphatic carbocycles. The molecule has 0 spiro atoms. The van der Waals surface area contributed by atoms with Gasteiger partial charge in [0.2, 0.25) is 6.79 Å². The first-order valence-electron chi connectivity index (χ1n) is 6.92. The van der Waals surface area contributed by atoms with E-state index in [2.05, 4.69) is 5.32 Å². The van der Waals surface area contributed by atoms with E-state index < -0.39 is 5.67 Å². The van der Waals surface area contributed by atoms with E-state index in [9.17, 15) is 4.39 Å². The zero-order valence-electron chi connectivity index (χ0n) is 11.5. The van der Waals surface area contributed by atoms with Crippen molar-refractivity contribution in [3.63, 3.8) is 0 Å². The van der Waals surface area contributed by atoms with Gasteiger partial charge in [-0.2, -0.15) is 0 Å². The first-order valence-corrected chi connectivity index (χ1v) is 6.92. The Morgan fingerprint density at radius 1 is 1.21 bits per heavy atom. The van der Waals surface area contributed by atoms with Crippen LogP contribution >= 0.6 is 0 Å². The van der Waals surface area contributed by atoms with E-state index in [1.54, 1.807) is 19.9 Å². The molecular formula is C15H20FNO2. The first-order chi connectivity index (χ1) is 9.05. The lowest BCUT2D eigenvalue weighted by atomic mass is 9.87. The molecule has 104 valence electrons. The van der Waals surface area contributed by atoms with Gasteiger partial charge in [-0.1, -0.05) is 6.42 Å².